The summed E-state index contributed by atoms with van der Waals surface area (Å²) >= 11 is 0. The number of sulfonamides is 1. The molecular weight excluding hydrogens is 360 g/mol. The number of aliphatic hydroxyl groups is 1. The van der Waals surface area contributed by atoms with Crippen molar-refractivity contribution >= 4 is 21.9 Å². The smallest absolute Gasteiger partial charge is 0.331 e. The van der Waals surface area contributed by atoms with Crippen LogP contribution in [-0.4, -0.2) is 62.1 Å². The number of esters is 1. The second-order valence-corrected chi connectivity index (χ2v) is 8.24. The summed E-state index contributed by atoms with van der Waals surface area (Å²) in [7, 11) is -2.51. The van der Waals surface area contributed by atoms with Crippen LogP contribution in [0.1, 0.15) is 35.7 Å². The number of amides is 1. The maximum atomic E-state index is 12.7. The zero-order valence-electron chi connectivity index (χ0n) is 15.1. The molecule has 0 aromatic heterocycles. The van der Waals surface area contributed by atoms with Gasteiger partial charge in [-0.3, -0.25) is 4.79 Å². The first kappa shape index (κ1) is 20.3. The lowest BCUT2D eigenvalue weighted by molar-refractivity contribution is -0.145. The van der Waals surface area contributed by atoms with Gasteiger partial charge in [0.25, 0.3) is 5.91 Å². The standard InChI is InChI=1S/C17H24N2O6S/c1-11-6-7-13(26(23,24)19-8-4-5-9-19)10-14(11)16(21)18-15(12(2)20)17(22)25-3/h6-7,10,12,15,20H,4-5,8-9H2,1-3H3,(H,18,21)/t12-,15-/m1/s1. The number of nitrogens with zero attached hydrogens (tertiary/aromatic N) is 1. The Morgan fingerprint density at radius 1 is 1.27 bits per heavy atom. The molecule has 1 aliphatic heterocycles. The van der Waals surface area contributed by atoms with E-state index in [1.807, 2.05) is 0 Å². The second kappa shape index (κ2) is 8.15. The summed E-state index contributed by atoms with van der Waals surface area (Å²) in [6.45, 7) is 3.94. The highest BCUT2D eigenvalue weighted by molar-refractivity contribution is 7.89. The average Bonchev–Trinajstić information content (AvgIpc) is 3.14. The molecule has 0 unspecified atom stereocenters. The predicted octanol–water partition coefficient (Wildman–Crippen LogP) is 0.432. The van der Waals surface area contributed by atoms with Crippen molar-refractivity contribution in [2.45, 2.75) is 43.7 Å². The first-order chi connectivity index (χ1) is 12.2. The molecule has 0 bridgehead atoms. The van der Waals surface area contributed by atoms with Crippen molar-refractivity contribution in [1.29, 1.82) is 0 Å². The first-order valence-electron chi connectivity index (χ1n) is 8.36. The second-order valence-electron chi connectivity index (χ2n) is 6.30. The number of benzene rings is 1. The lowest BCUT2D eigenvalue weighted by atomic mass is 10.1. The molecule has 1 saturated heterocycles. The molecule has 2 atom stereocenters. The summed E-state index contributed by atoms with van der Waals surface area (Å²) < 4.78 is 31.3. The number of carbonyl (C=O) groups excluding carboxylic acids is 2. The predicted molar refractivity (Wildman–Crippen MR) is 94.1 cm³/mol. The average molecular weight is 384 g/mol. The van der Waals surface area contributed by atoms with E-state index in [9.17, 15) is 23.1 Å². The first-order valence-corrected chi connectivity index (χ1v) is 9.80. The van der Waals surface area contributed by atoms with Gasteiger partial charge in [-0.25, -0.2) is 13.2 Å². The van der Waals surface area contributed by atoms with Crippen LogP contribution in [0.5, 0.6) is 0 Å². The quantitative estimate of drug-likeness (QED) is 0.688. The molecule has 0 spiro atoms. The maximum Gasteiger partial charge on any atom is 0.331 e. The Kier molecular flexibility index (Phi) is 6.38. The Bertz CT molecular complexity index is 784. The van der Waals surface area contributed by atoms with E-state index in [2.05, 4.69) is 10.1 Å². The van der Waals surface area contributed by atoms with Crippen molar-refractivity contribution in [3.63, 3.8) is 0 Å². The highest BCUT2D eigenvalue weighted by Gasteiger charge is 2.30. The highest BCUT2D eigenvalue weighted by atomic mass is 32.2. The number of hydrogen-bond acceptors (Lipinski definition) is 6. The minimum absolute atomic E-state index is 0.0295. The van der Waals surface area contributed by atoms with Gasteiger partial charge in [-0.1, -0.05) is 6.07 Å². The fourth-order valence-electron chi connectivity index (χ4n) is 2.81. The van der Waals surface area contributed by atoms with Crippen LogP contribution < -0.4 is 5.32 Å². The van der Waals surface area contributed by atoms with Crippen molar-refractivity contribution in [3.05, 3.63) is 29.3 Å². The largest absolute Gasteiger partial charge is 0.467 e. The van der Waals surface area contributed by atoms with E-state index in [4.69, 9.17) is 0 Å². The number of aliphatic hydroxyl groups excluding tert-OH is 1. The topological polar surface area (TPSA) is 113 Å². The normalized spacial score (nSPS) is 17.5. The fourth-order valence-corrected chi connectivity index (χ4v) is 4.35. The van der Waals surface area contributed by atoms with Gasteiger partial charge in [0.1, 0.15) is 0 Å². The minimum atomic E-state index is -3.66. The lowest BCUT2D eigenvalue weighted by Crippen LogP contribution is -2.48. The summed E-state index contributed by atoms with van der Waals surface area (Å²) in [6.07, 6.45) is 0.463. The van der Waals surface area contributed by atoms with Crippen molar-refractivity contribution in [1.82, 2.24) is 9.62 Å². The zero-order valence-corrected chi connectivity index (χ0v) is 15.9. The van der Waals surface area contributed by atoms with Crippen LogP contribution in [0.4, 0.5) is 0 Å². The van der Waals surface area contributed by atoms with Gasteiger partial charge in [0.05, 0.1) is 18.1 Å². The van der Waals surface area contributed by atoms with Gasteiger partial charge in [0.2, 0.25) is 10.0 Å². The van der Waals surface area contributed by atoms with Crippen LogP contribution in [0.25, 0.3) is 0 Å². The van der Waals surface area contributed by atoms with Gasteiger partial charge in [-0.05, 0) is 44.4 Å². The van der Waals surface area contributed by atoms with Crippen LogP contribution >= 0.6 is 0 Å². The molecule has 144 valence electrons. The van der Waals surface area contributed by atoms with Gasteiger partial charge >= 0.3 is 5.97 Å². The van der Waals surface area contributed by atoms with E-state index in [0.717, 1.165) is 20.0 Å². The maximum absolute atomic E-state index is 12.7. The minimum Gasteiger partial charge on any atom is -0.467 e. The molecule has 1 fully saturated rings. The van der Waals surface area contributed by atoms with Crippen LogP contribution in [0.15, 0.2) is 23.1 Å². The molecule has 1 aliphatic rings. The van der Waals surface area contributed by atoms with Gasteiger partial charge in [-0.2, -0.15) is 4.31 Å². The number of carbonyl (C=O) groups is 2. The Hall–Kier alpha value is -1.97. The third-order valence-corrected chi connectivity index (χ3v) is 6.28. The van der Waals surface area contributed by atoms with Gasteiger partial charge < -0.3 is 15.2 Å². The van der Waals surface area contributed by atoms with E-state index in [1.54, 1.807) is 13.0 Å². The number of rotatable bonds is 6. The number of ether oxygens (including phenoxy) is 1. The third kappa shape index (κ3) is 4.22. The number of methoxy groups -OCH3 is 1. The SMILES string of the molecule is COC(=O)[C@H](NC(=O)c1cc(S(=O)(=O)N2CCCC2)ccc1C)[C@@H](C)O. The highest BCUT2D eigenvalue weighted by Crippen LogP contribution is 2.23. The van der Waals surface area contributed by atoms with Gasteiger partial charge in [0, 0.05) is 18.7 Å². The molecule has 26 heavy (non-hydrogen) atoms. The van der Waals surface area contributed by atoms with Gasteiger partial charge in [0.15, 0.2) is 6.04 Å². The van der Waals surface area contributed by atoms with Crippen molar-refractivity contribution in [2.24, 2.45) is 0 Å². The molecule has 9 heteroatoms. The molecule has 1 heterocycles. The Morgan fingerprint density at radius 3 is 2.42 bits per heavy atom. The molecule has 0 radical (unpaired) electrons. The van der Waals surface area contributed by atoms with Crippen molar-refractivity contribution in [3.8, 4) is 0 Å². The van der Waals surface area contributed by atoms with Crippen LogP contribution in [0.3, 0.4) is 0 Å². The van der Waals surface area contributed by atoms with Gasteiger partial charge in [-0.15, -0.1) is 0 Å². The lowest BCUT2D eigenvalue weighted by Gasteiger charge is -2.20. The van der Waals surface area contributed by atoms with Crippen LogP contribution in [0.2, 0.25) is 0 Å². The fraction of sp³-hybridized carbons (Fsp3) is 0.529. The molecule has 1 aromatic carbocycles. The molecular formula is C17H24N2O6S. The Morgan fingerprint density at radius 2 is 1.88 bits per heavy atom. The number of nitrogens with one attached hydrogen (secondary N) is 1. The molecule has 1 aromatic rings. The zero-order chi connectivity index (χ0) is 19.5. The van der Waals surface area contributed by atoms with E-state index in [-0.39, 0.29) is 10.5 Å². The third-order valence-electron chi connectivity index (χ3n) is 4.38. The summed E-state index contributed by atoms with van der Waals surface area (Å²) in [5.41, 5.74) is 0.678. The summed E-state index contributed by atoms with van der Waals surface area (Å²) in [4.78, 5) is 24.3. The summed E-state index contributed by atoms with van der Waals surface area (Å²) in [5.74, 6) is -1.44. The molecule has 0 saturated carbocycles. The van der Waals surface area contributed by atoms with E-state index in [1.165, 1.54) is 23.4 Å². The molecule has 2 rings (SSSR count). The molecule has 1 amide bonds. The van der Waals surface area contributed by atoms with E-state index >= 15 is 0 Å². The monoisotopic (exact) mass is 384 g/mol. The molecule has 2 N–H and O–H groups in total. The van der Waals surface area contributed by atoms with Crippen LogP contribution in [0, 0.1) is 6.92 Å². The Labute approximate surface area is 153 Å². The summed E-state index contributed by atoms with van der Waals surface area (Å²) in [5, 5.41) is 12.1. The molecule has 0 aliphatic carbocycles. The van der Waals surface area contributed by atoms with Crippen LogP contribution in [-0.2, 0) is 19.6 Å². The van der Waals surface area contributed by atoms with E-state index < -0.39 is 34.0 Å². The Balaban J connectivity index is 2.31. The van der Waals surface area contributed by atoms with Crippen molar-refractivity contribution < 1.29 is 27.9 Å². The van der Waals surface area contributed by atoms with E-state index in [0.29, 0.717) is 18.7 Å². The molecule has 8 nitrogen and oxygen atoms in total. The number of hydrogen-bond donors (Lipinski definition) is 2. The number of aryl methyl sites for hydroxylation is 1. The van der Waals surface area contributed by atoms with Crippen molar-refractivity contribution in [2.75, 3.05) is 20.2 Å². The summed E-state index contributed by atoms with van der Waals surface area (Å²) in [6, 6.07) is 3.07.